The van der Waals surface area contributed by atoms with Crippen molar-refractivity contribution in [3.8, 4) is 29.0 Å². The number of H-pyrrole nitrogens is 1. The van der Waals surface area contributed by atoms with Gasteiger partial charge in [0.1, 0.15) is 23.4 Å². The molecule has 22 heavy (non-hydrogen) atoms. The van der Waals surface area contributed by atoms with E-state index in [-0.39, 0.29) is 6.61 Å². The third-order valence-electron chi connectivity index (χ3n) is 2.94. The molecule has 0 fully saturated rings. The molecule has 0 spiro atoms. The molecule has 0 aliphatic carbocycles. The molecule has 110 valence electrons. The van der Waals surface area contributed by atoms with E-state index in [9.17, 15) is 0 Å². The fourth-order valence-electron chi connectivity index (χ4n) is 2.05. The van der Waals surface area contributed by atoms with Crippen molar-refractivity contribution in [2.24, 2.45) is 0 Å². The van der Waals surface area contributed by atoms with Crippen LogP contribution in [0.3, 0.4) is 0 Å². The van der Waals surface area contributed by atoms with Crippen molar-refractivity contribution in [1.82, 2.24) is 19.9 Å². The minimum atomic E-state index is -0.0105. The first-order chi connectivity index (χ1) is 10.8. The van der Waals surface area contributed by atoms with E-state index in [0.717, 1.165) is 5.56 Å². The summed E-state index contributed by atoms with van der Waals surface area (Å²) in [6.45, 7) is 2.39. The van der Waals surface area contributed by atoms with Gasteiger partial charge in [0.2, 0.25) is 0 Å². The molecular formula is C15H13N5O2. The molecule has 1 N–H and O–H groups in total. The third kappa shape index (κ3) is 2.67. The minimum absolute atomic E-state index is 0.0105. The first-order valence-corrected chi connectivity index (χ1v) is 6.75. The quantitative estimate of drug-likeness (QED) is 0.775. The van der Waals surface area contributed by atoms with Crippen LogP contribution < -0.4 is 9.47 Å². The molecular weight excluding hydrogens is 282 g/mol. The lowest BCUT2D eigenvalue weighted by Gasteiger charge is -2.10. The van der Waals surface area contributed by atoms with Crippen molar-refractivity contribution >= 4 is 11.3 Å². The maximum Gasteiger partial charge on any atom is 0.197 e. The highest BCUT2D eigenvalue weighted by molar-refractivity contribution is 5.75. The van der Waals surface area contributed by atoms with Crippen LogP contribution >= 0.6 is 0 Å². The molecule has 1 aromatic carbocycles. The molecule has 0 atom stereocenters. The molecule has 2 heterocycles. The van der Waals surface area contributed by atoms with Gasteiger partial charge >= 0.3 is 0 Å². The maximum atomic E-state index is 8.58. The molecule has 0 saturated carbocycles. The number of aromatic amines is 1. The molecule has 0 aliphatic heterocycles. The summed E-state index contributed by atoms with van der Waals surface area (Å²) in [6.07, 6.45) is 3.20. The third-order valence-corrected chi connectivity index (χ3v) is 2.94. The predicted octanol–water partition coefficient (Wildman–Crippen LogP) is 2.32. The van der Waals surface area contributed by atoms with Crippen LogP contribution in [0.25, 0.3) is 22.7 Å². The number of imidazole rings is 1. The van der Waals surface area contributed by atoms with E-state index in [1.807, 2.05) is 19.1 Å². The normalized spacial score (nSPS) is 10.4. The van der Waals surface area contributed by atoms with E-state index in [0.29, 0.717) is 35.2 Å². The largest absolute Gasteiger partial charge is 0.493 e. The molecule has 0 amide bonds. The summed E-state index contributed by atoms with van der Waals surface area (Å²) in [5, 5.41) is 8.58. The molecule has 7 nitrogen and oxygen atoms in total. The lowest BCUT2D eigenvalue weighted by Crippen LogP contribution is -1.98. The zero-order chi connectivity index (χ0) is 15.4. The van der Waals surface area contributed by atoms with Crippen molar-refractivity contribution in [2.45, 2.75) is 6.92 Å². The highest BCUT2D eigenvalue weighted by Crippen LogP contribution is 2.32. The zero-order valence-electron chi connectivity index (χ0n) is 11.9. The molecule has 2 aromatic heterocycles. The van der Waals surface area contributed by atoms with E-state index in [4.69, 9.17) is 14.7 Å². The molecule has 0 radical (unpaired) electrons. The summed E-state index contributed by atoms with van der Waals surface area (Å²) in [4.78, 5) is 15.9. The standard InChI is InChI=1S/C15H13N5O2/c1-2-21-12-9-10(22-8-5-16)3-4-11(12)13-19-14-15(20-13)18-7-6-17-14/h3-4,6-7,9H,2,8H2,1H3,(H,17,18,19,20). The molecule has 0 saturated heterocycles. The van der Waals surface area contributed by atoms with Gasteiger partial charge in [-0.3, -0.25) is 0 Å². The Morgan fingerprint density at radius 1 is 1.23 bits per heavy atom. The summed E-state index contributed by atoms with van der Waals surface area (Å²) in [6, 6.07) is 7.27. The predicted molar refractivity (Wildman–Crippen MR) is 79.4 cm³/mol. The van der Waals surface area contributed by atoms with Crippen LogP contribution in [0.15, 0.2) is 30.6 Å². The van der Waals surface area contributed by atoms with Gasteiger partial charge in [0.05, 0.1) is 12.2 Å². The van der Waals surface area contributed by atoms with Gasteiger partial charge < -0.3 is 14.5 Å². The van der Waals surface area contributed by atoms with Gasteiger partial charge in [0, 0.05) is 18.5 Å². The van der Waals surface area contributed by atoms with Crippen LogP contribution in [0.1, 0.15) is 6.92 Å². The van der Waals surface area contributed by atoms with Crippen LogP contribution in [0.5, 0.6) is 11.5 Å². The second-order valence-electron chi connectivity index (χ2n) is 4.35. The van der Waals surface area contributed by atoms with Gasteiger partial charge in [-0.2, -0.15) is 5.26 Å². The Morgan fingerprint density at radius 2 is 2.09 bits per heavy atom. The van der Waals surface area contributed by atoms with Crippen LogP contribution in [0, 0.1) is 11.3 Å². The monoisotopic (exact) mass is 295 g/mol. The highest BCUT2D eigenvalue weighted by atomic mass is 16.5. The molecule has 0 unspecified atom stereocenters. The van der Waals surface area contributed by atoms with E-state index < -0.39 is 0 Å². The average Bonchev–Trinajstić information content (AvgIpc) is 2.97. The molecule has 3 rings (SSSR count). The van der Waals surface area contributed by atoms with Crippen LogP contribution in [-0.2, 0) is 0 Å². The number of nitrogens with zero attached hydrogens (tertiary/aromatic N) is 4. The number of ether oxygens (including phenoxy) is 2. The summed E-state index contributed by atoms with van der Waals surface area (Å²) in [5.74, 6) is 1.81. The maximum absolute atomic E-state index is 8.58. The number of benzene rings is 1. The topological polar surface area (TPSA) is 96.7 Å². The van der Waals surface area contributed by atoms with Gasteiger partial charge in [0.15, 0.2) is 17.9 Å². The number of hydrogen-bond donors (Lipinski definition) is 1. The summed E-state index contributed by atoms with van der Waals surface area (Å²) in [7, 11) is 0. The Morgan fingerprint density at radius 3 is 2.86 bits per heavy atom. The van der Waals surface area contributed by atoms with E-state index in [2.05, 4.69) is 19.9 Å². The second-order valence-corrected chi connectivity index (χ2v) is 4.35. The van der Waals surface area contributed by atoms with E-state index in [1.165, 1.54) is 0 Å². The average molecular weight is 295 g/mol. The summed E-state index contributed by atoms with van der Waals surface area (Å²) < 4.78 is 10.9. The Labute approximate surface area is 126 Å². The number of rotatable bonds is 5. The number of hydrogen-bond acceptors (Lipinski definition) is 6. The Hall–Kier alpha value is -3.14. The smallest absolute Gasteiger partial charge is 0.197 e. The molecule has 0 bridgehead atoms. The molecule has 0 aliphatic rings. The SMILES string of the molecule is CCOc1cc(OCC#N)ccc1-c1nc2nccnc2[nH]1. The van der Waals surface area contributed by atoms with Crippen LogP contribution in [-0.4, -0.2) is 33.1 Å². The van der Waals surface area contributed by atoms with Crippen molar-refractivity contribution in [2.75, 3.05) is 13.2 Å². The highest BCUT2D eigenvalue weighted by Gasteiger charge is 2.13. The van der Waals surface area contributed by atoms with Gasteiger partial charge in [-0.05, 0) is 19.1 Å². The van der Waals surface area contributed by atoms with Gasteiger partial charge in [-0.25, -0.2) is 15.0 Å². The van der Waals surface area contributed by atoms with Crippen LogP contribution in [0.2, 0.25) is 0 Å². The fourth-order valence-corrected chi connectivity index (χ4v) is 2.05. The van der Waals surface area contributed by atoms with Crippen molar-refractivity contribution in [1.29, 1.82) is 5.26 Å². The summed E-state index contributed by atoms with van der Waals surface area (Å²) >= 11 is 0. The van der Waals surface area contributed by atoms with Gasteiger partial charge in [-0.1, -0.05) is 0 Å². The first kappa shape index (κ1) is 13.8. The summed E-state index contributed by atoms with van der Waals surface area (Å²) in [5.41, 5.74) is 1.94. The van der Waals surface area contributed by atoms with Crippen LogP contribution in [0.4, 0.5) is 0 Å². The number of fused-ring (bicyclic) bond motifs is 1. The van der Waals surface area contributed by atoms with Gasteiger partial charge in [0.25, 0.3) is 0 Å². The molecule has 7 heteroatoms. The van der Waals surface area contributed by atoms with E-state index >= 15 is 0 Å². The lowest BCUT2D eigenvalue weighted by atomic mass is 10.2. The number of nitriles is 1. The fraction of sp³-hybridized carbons (Fsp3) is 0.200. The Balaban J connectivity index is 2.02. The first-order valence-electron chi connectivity index (χ1n) is 6.75. The minimum Gasteiger partial charge on any atom is -0.493 e. The van der Waals surface area contributed by atoms with Gasteiger partial charge in [-0.15, -0.1) is 0 Å². The Kier molecular flexibility index (Phi) is 3.83. The molecule has 3 aromatic rings. The van der Waals surface area contributed by atoms with Crippen molar-refractivity contribution in [3.05, 3.63) is 30.6 Å². The lowest BCUT2D eigenvalue weighted by molar-refractivity contribution is 0.333. The second kappa shape index (κ2) is 6.10. The van der Waals surface area contributed by atoms with E-state index in [1.54, 1.807) is 24.5 Å². The Bertz CT molecular complexity index is 804. The number of aromatic nitrogens is 4. The van der Waals surface area contributed by atoms with Crippen molar-refractivity contribution < 1.29 is 9.47 Å². The van der Waals surface area contributed by atoms with Crippen molar-refractivity contribution in [3.63, 3.8) is 0 Å². The number of nitrogens with one attached hydrogen (secondary N) is 1. The zero-order valence-corrected chi connectivity index (χ0v) is 11.9.